The van der Waals surface area contributed by atoms with E-state index in [0.717, 1.165) is 6.42 Å². The summed E-state index contributed by atoms with van der Waals surface area (Å²) in [6.07, 6.45) is 4.25. The van der Waals surface area contributed by atoms with Gasteiger partial charge in [-0.2, -0.15) is 0 Å². The lowest BCUT2D eigenvalue weighted by Gasteiger charge is -2.26. The number of nitrogens with one attached hydrogen (secondary N) is 1. The van der Waals surface area contributed by atoms with E-state index in [9.17, 15) is 9.90 Å². The average molecular weight is 257 g/mol. The first kappa shape index (κ1) is 15.0. The van der Waals surface area contributed by atoms with Gasteiger partial charge in [-0.15, -0.1) is 0 Å². The maximum Gasteiger partial charge on any atom is 0.407 e. The quantitative estimate of drug-likeness (QED) is 0.754. The molecule has 0 aromatic rings. The van der Waals surface area contributed by atoms with Crippen molar-refractivity contribution < 1.29 is 19.4 Å². The minimum atomic E-state index is -0.501. The molecule has 1 aliphatic rings. The molecule has 5 heteroatoms. The minimum absolute atomic E-state index is 0.000689. The van der Waals surface area contributed by atoms with Crippen molar-refractivity contribution in [3.05, 3.63) is 12.2 Å². The van der Waals surface area contributed by atoms with E-state index in [1.54, 1.807) is 12.2 Å². The Morgan fingerprint density at radius 2 is 2.11 bits per heavy atom. The summed E-state index contributed by atoms with van der Waals surface area (Å²) < 4.78 is 11.0. The highest BCUT2D eigenvalue weighted by atomic mass is 16.6. The summed E-state index contributed by atoms with van der Waals surface area (Å²) in [6, 6.07) is 0. The zero-order valence-corrected chi connectivity index (χ0v) is 11.3. The lowest BCUT2D eigenvalue weighted by atomic mass is 9.99. The SMILES string of the molecule is CNC(=O)OC1C=CC(O)CCC(OC(C)C)C1. The molecule has 0 heterocycles. The van der Waals surface area contributed by atoms with E-state index in [4.69, 9.17) is 9.47 Å². The number of aliphatic hydroxyl groups is 1. The first-order valence-corrected chi connectivity index (χ1v) is 6.41. The van der Waals surface area contributed by atoms with Crippen molar-refractivity contribution in [3.8, 4) is 0 Å². The van der Waals surface area contributed by atoms with Gasteiger partial charge in [0.2, 0.25) is 0 Å². The van der Waals surface area contributed by atoms with E-state index in [2.05, 4.69) is 5.32 Å². The van der Waals surface area contributed by atoms with Gasteiger partial charge in [0.05, 0.1) is 18.3 Å². The molecule has 1 rings (SSSR count). The molecule has 0 aromatic carbocycles. The van der Waals surface area contributed by atoms with E-state index in [-0.39, 0.29) is 18.3 Å². The van der Waals surface area contributed by atoms with Gasteiger partial charge < -0.3 is 19.9 Å². The Kier molecular flexibility index (Phi) is 6.15. The van der Waals surface area contributed by atoms with E-state index in [1.165, 1.54) is 7.05 Å². The van der Waals surface area contributed by atoms with Crippen molar-refractivity contribution in [2.75, 3.05) is 7.05 Å². The second-order valence-electron chi connectivity index (χ2n) is 4.77. The molecule has 1 aliphatic carbocycles. The van der Waals surface area contributed by atoms with E-state index in [1.807, 2.05) is 13.8 Å². The van der Waals surface area contributed by atoms with Gasteiger partial charge in [-0.3, -0.25) is 0 Å². The van der Waals surface area contributed by atoms with Gasteiger partial charge in [0.1, 0.15) is 6.10 Å². The third-order valence-corrected chi connectivity index (χ3v) is 2.75. The summed E-state index contributed by atoms with van der Waals surface area (Å²) in [5, 5.41) is 12.1. The molecule has 3 atom stereocenters. The van der Waals surface area contributed by atoms with Crippen LogP contribution in [-0.2, 0) is 9.47 Å². The predicted octanol–water partition coefficient (Wildman–Crippen LogP) is 1.61. The number of aliphatic hydroxyl groups excluding tert-OH is 1. The molecule has 104 valence electrons. The summed E-state index contributed by atoms with van der Waals surface area (Å²) in [4.78, 5) is 11.2. The highest BCUT2D eigenvalue weighted by molar-refractivity contribution is 5.67. The van der Waals surface area contributed by atoms with Crippen molar-refractivity contribution in [2.24, 2.45) is 0 Å². The van der Waals surface area contributed by atoms with Crippen molar-refractivity contribution in [1.29, 1.82) is 0 Å². The number of carbonyl (C=O) groups is 1. The molecule has 0 saturated heterocycles. The molecule has 0 fully saturated rings. The van der Waals surface area contributed by atoms with Crippen molar-refractivity contribution >= 4 is 6.09 Å². The van der Waals surface area contributed by atoms with Crippen LogP contribution in [0.5, 0.6) is 0 Å². The number of hydrogen-bond donors (Lipinski definition) is 2. The van der Waals surface area contributed by atoms with Gasteiger partial charge in [0, 0.05) is 13.5 Å². The molecule has 2 N–H and O–H groups in total. The van der Waals surface area contributed by atoms with E-state index < -0.39 is 12.2 Å². The van der Waals surface area contributed by atoms with Crippen LogP contribution >= 0.6 is 0 Å². The third-order valence-electron chi connectivity index (χ3n) is 2.75. The molecule has 0 aromatic heterocycles. The Balaban J connectivity index is 2.63. The van der Waals surface area contributed by atoms with Crippen LogP contribution in [0, 0.1) is 0 Å². The lowest BCUT2D eigenvalue weighted by molar-refractivity contribution is -0.0266. The van der Waals surface area contributed by atoms with Crippen LogP contribution in [0.15, 0.2) is 12.2 Å². The average Bonchev–Trinajstić information content (AvgIpc) is 2.30. The number of alkyl carbamates (subject to hydrolysis) is 1. The van der Waals surface area contributed by atoms with Crippen LogP contribution < -0.4 is 5.32 Å². The summed E-state index contributed by atoms with van der Waals surface area (Å²) in [6.45, 7) is 3.94. The Hall–Kier alpha value is -1.07. The van der Waals surface area contributed by atoms with Crippen LogP contribution in [0.1, 0.15) is 33.1 Å². The van der Waals surface area contributed by atoms with Gasteiger partial charge >= 0.3 is 6.09 Å². The van der Waals surface area contributed by atoms with Crippen LogP contribution in [0.3, 0.4) is 0 Å². The Morgan fingerprint density at radius 3 is 2.72 bits per heavy atom. The molecule has 1 amide bonds. The Bertz CT molecular complexity index is 291. The number of hydrogen-bond acceptors (Lipinski definition) is 4. The van der Waals surface area contributed by atoms with E-state index in [0.29, 0.717) is 12.8 Å². The highest BCUT2D eigenvalue weighted by Gasteiger charge is 2.22. The molecule has 0 saturated carbocycles. The normalized spacial score (nSPS) is 28.6. The molecule has 0 aliphatic heterocycles. The summed E-state index contributed by atoms with van der Waals surface area (Å²) in [5.74, 6) is 0. The van der Waals surface area contributed by atoms with Crippen molar-refractivity contribution in [1.82, 2.24) is 5.32 Å². The monoisotopic (exact) mass is 257 g/mol. The molecule has 0 spiro atoms. The first-order valence-electron chi connectivity index (χ1n) is 6.41. The fourth-order valence-corrected chi connectivity index (χ4v) is 1.95. The zero-order chi connectivity index (χ0) is 13.5. The van der Waals surface area contributed by atoms with Crippen LogP contribution in [0.2, 0.25) is 0 Å². The van der Waals surface area contributed by atoms with Crippen LogP contribution in [-0.4, -0.2) is 42.7 Å². The van der Waals surface area contributed by atoms with Crippen LogP contribution in [0.4, 0.5) is 4.79 Å². The third kappa shape index (κ3) is 5.51. The molecule has 0 radical (unpaired) electrons. The maximum atomic E-state index is 11.2. The fourth-order valence-electron chi connectivity index (χ4n) is 1.95. The fraction of sp³-hybridized carbons (Fsp3) is 0.769. The standard InChI is InChI=1S/C13H23NO4/c1-9(2)17-11-6-4-10(15)5-7-12(8-11)18-13(16)14-3/h5,7,9-12,15H,4,6,8H2,1-3H3,(H,14,16). The topological polar surface area (TPSA) is 67.8 Å². The minimum Gasteiger partial charge on any atom is -0.442 e. The Morgan fingerprint density at radius 1 is 1.39 bits per heavy atom. The molecule has 18 heavy (non-hydrogen) atoms. The van der Waals surface area contributed by atoms with Crippen molar-refractivity contribution in [3.63, 3.8) is 0 Å². The number of ether oxygens (including phenoxy) is 2. The molecule has 5 nitrogen and oxygen atoms in total. The largest absolute Gasteiger partial charge is 0.442 e. The summed E-state index contributed by atoms with van der Waals surface area (Å²) in [7, 11) is 1.52. The number of carbonyl (C=O) groups excluding carboxylic acids is 1. The molecule has 3 unspecified atom stereocenters. The van der Waals surface area contributed by atoms with Gasteiger partial charge in [-0.05, 0) is 32.8 Å². The highest BCUT2D eigenvalue weighted by Crippen LogP contribution is 2.19. The van der Waals surface area contributed by atoms with Crippen LogP contribution in [0.25, 0.3) is 0 Å². The van der Waals surface area contributed by atoms with Crippen molar-refractivity contribution in [2.45, 2.75) is 57.5 Å². The predicted molar refractivity (Wildman–Crippen MR) is 68.3 cm³/mol. The smallest absolute Gasteiger partial charge is 0.407 e. The second kappa shape index (κ2) is 7.38. The van der Waals surface area contributed by atoms with Gasteiger partial charge in [0.15, 0.2) is 0 Å². The summed E-state index contributed by atoms with van der Waals surface area (Å²) >= 11 is 0. The number of amides is 1. The first-order chi connectivity index (χ1) is 8.51. The second-order valence-corrected chi connectivity index (χ2v) is 4.77. The number of rotatable bonds is 3. The molecule has 0 bridgehead atoms. The maximum absolute atomic E-state index is 11.2. The molecular formula is C13H23NO4. The zero-order valence-electron chi connectivity index (χ0n) is 11.3. The van der Waals surface area contributed by atoms with Gasteiger partial charge in [-0.25, -0.2) is 4.79 Å². The van der Waals surface area contributed by atoms with Gasteiger partial charge in [0.25, 0.3) is 0 Å². The Labute approximate surface area is 108 Å². The summed E-state index contributed by atoms with van der Waals surface area (Å²) in [5.41, 5.74) is 0. The lowest BCUT2D eigenvalue weighted by Crippen LogP contribution is -2.31. The molecular weight excluding hydrogens is 234 g/mol. The van der Waals surface area contributed by atoms with E-state index >= 15 is 0 Å². The van der Waals surface area contributed by atoms with Gasteiger partial charge in [-0.1, -0.05) is 6.08 Å².